The molecule has 0 aliphatic heterocycles. The maximum atomic E-state index is 12.9. The number of ether oxygens (including phenoxy) is 1. The molecule has 3 aromatic heterocycles. The monoisotopic (exact) mass is 320 g/mol. The Morgan fingerprint density at radius 2 is 2.08 bits per heavy atom. The van der Waals surface area contributed by atoms with Crippen molar-refractivity contribution >= 4 is 21.9 Å². The van der Waals surface area contributed by atoms with Crippen LogP contribution in [0, 0.1) is 0 Å². The number of aryl methyl sites for hydroxylation is 1. The van der Waals surface area contributed by atoms with Crippen LogP contribution in [0.5, 0.6) is 5.75 Å². The van der Waals surface area contributed by atoms with Crippen LogP contribution in [0.3, 0.4) is 0 Å². The number of benzene rings is 1. The van der Waals surface area contributed by atoms with E-state index in [2.05, 4.69) is 10.1 Å². The molecule has 0 saturated carbocycles. The molecule has 1 aromatic carbocycles. The van der Waals surface area contributed by atoms with Crippen molar-refractivity contribution in [3.63, 3.8) is 0 Å². The van der Waals surface area contributed by atoms with Crippen LogP contribution in [-0.4, -0.2) is 26.4 Å². The first-order valence-electron chi connectivity index (χ1n) is 7.61. The van der Waals surface area contributed by atoms with Gasteiger partial charge in [-0.05, 0) is 29.8 Å². The molecular formula is C18H16N4O2. The van der Waals surface area contributed by atoms with E-state index in [0.717, 1.165) is 27.7 Å². The minimum atomic E-state index is -0.129. The van der Waals surface area contributed by atoms with Gasteiger partial charge in [0.2, 0.25) is 0 Å². The summed E-state index contributed by atoms with van der Waals surface area (Å²) in [5, 5.41) is 5.11. The maximum Gasteiger partial charge on any atom is 0.291 e. The highest BCUT2D eigenvalue weighted by Gasteiger charge is 2.14. The third-order valence-electron chi connectivity index (χ3n) is 4.22. The molecule has 0 unspecified atom stereocenters. The number of rotatable bonds is 3. The van der Waals surface area contributed by atoms with Crippen LogP contribution in [0.15, 0.2) is 53.6 Å². The Bertz CT molecular complexity index is 1110. The van der Waals surface area contributed by atoms with Crippen LogP contribution in [0.4, 0.5) is 0 Å². The lowest BCUT2D eigenvalue weighted by molar-refractivity contribution is 0.414. The van der Waals surface area contributed by atoms with Crippen molar-refractivity contribution < 1.29 is 4.74 Å². The Balaban J connectivity index is 1.88. The molecule has 3 heterocycles. The number of nitrogens with zero attached hydrogens (tertiary/aromatic N) is 4. The minimum Gasteiger partial charge on any atom is -0.497 e. The molecule has 0 fully saturated rings. The summed E-state index contributed by atoms with van der Waals surface area (Å²) in [7, 11) is 3.50. The first kappa shape index (κ1) is 14.4. The first-order valence-corrected chi connectivity index (χ1v) is 7.61. The molecule has 0 N–H and O–H groups in total. The van der Waals surface area contributed by atoms with E-state index in [0.29, 0.717) is 12.1 Å². The van der Waals surface area contributed by atoms with Gasteiger partial charge in [-0.15, -0.1) is 0 Å². The molecule has 120 valence electrons. The number of aromatic nitrogens is 4. The molecule has 0 aliphatic rings. The summed E-state index contributed by atoms with van der Waals surface area (Å²) in [5.74, 6) is 0.760. The summed E-state index contributed by atoms with van der Waals surface area (Å²) in [4.78, 5) is 17.3. The maximum absolute atomic E-state index is 12.9. The second kappa shape index (κ2) is 5.49. The lowest BCUT2D eigenvalue weighted by Gasteiger charge is -2.07. The second-order valence-electron chi connectivity index (χ2n) is 5.65. The largest absolute Gasteiger partial charge is 0.497 e. The lowest BCUT2D eigenvalue weighted by Crippen LogP contribution is -2.24. The molecule has 0 radical (unpaired) electrons. The van der Waals surface area contributed by atoms with Crippen LogP contribution in [-0.2, 0) is 13.6 Å². The van der Waals surface area contributed by atoms with E-state index < -0.39 is 0 Å². The van der Waals surface area contributed by atoms with Gasteiger partial charge in [0.1, 0.15) is 11.3 Å². The van der Waals surface area contributed by atoms with Crippen LogP contribution in [0.2, 0.25) is 0 Å². The van der Waals surface area contributed by atoms with E-state index in [9.17, 15) is 4.79 Å². The molecule has 0 atom stereocenters. The number of methoxy groups -OCH3 is 1. The molecule has 24 heavy (non-hydrogen) atoms. The molecule has 0 amide bonds. The van der Waals surface area contributed by atoms with E-state index in [-0.39, 0.29) is 5.56 Å². The first-order chi connectivity index (χ1) is 11.7. The van der Waals surface area contributed by atoms with Crippen LogP contribution in [0.1, 0.15) is 5.56 Å². The molecule has 6 heteroatoms. The highest BCUT2D eigenvalue weighted by Crippen LogP contribution is 2.23. The predicted molar refractivity (Wildman–Crippen MR) is 92.4 cm³/mol. The van der Waals surface area contributed by atoms with E-state index in [1.807, 2.05) is 48.0 Å². The molecule has 0 spiro atoms. The highest BCUT2D eigenvalue weighted by molar-refractivity contribution is 6.04. The van der Waals surface area contributed by atoms with Gasteiger partial charge in [-0.2, -0.15) is 5.10 Å². The third kappa shape index (κ3) is 2.15. The fourth-order valence-electron chi connectivity index (χ4n) is 3.03. The molecule has 4 aromatic rings. The minimum absolute atomic E-state index is 0.129. The van der Waals surface area contributed by atoms with Gasteiger partial charge in [-0.25, -0.2) is 4.68 Å². The van der Waals surface area contributed by atoms with Crippen molar-refractivity contribution in [1.29, 1.82) is 0 Å². The van der Waals surface area contributed by atoms with Crippen molar-refractivity contribution in [1.82, 2.24) is 19.3 Å². The summed E-state index contributed by atoms with van der Waals surface area (Å²) in [6, 6.07) is 11.4. The van der Waals surface area contributed by atoms with E-state index in [1.54, 1.807) is 19.5 Å². The summed E-state index contributed by atoms with van der Waals surface area (Å²) < 4.78 is 8.58. The zero-order chi connectivity index (χ0) is 16.7. The van der Waals surface area contributed by atoms with Gasteiger partial charge in [0, 0.05) is 13.2 Å². The Morgan fingerprint density at radius 3 is 2.92 bits per heavy atom. The van der Waals surface area contributed by atoms with Crippen molar-refractivity contribution in [2.24, 2.45) is 7.05 Å². The number of hydrogen-bond donors (Lipinski definition) is 0. The molecule has 0 saturated heterocycles. The van der Waals surface area contributed by atoms with Crippen molar-refractivity contribution in [2.45, 2.75) is 6.54 Å². The SMILES string of the molecule is COc1cccc(Cn2ncc3c4ncccc4n(C)c3c2=O)c1. The summed E-state index contributed by atoms with van der Waals surface area (Å²) in [5.41, 5.74) is 3.16. The van der Waals surface area contributed by atoms with E-state index in [1.165, 1.54) is 4.68 Å². The average molecular weight is 320 g/mol. The third-order valence-corrected chi connectivity index (χ3v) is 4.22. The molecule has 6 nitrogen and oxygen atoms in total. The van der Waals surface area contributed by atoms with Gasteiger partial charge >= 0.3 is 0 Å². The Morgan fingerprint density at radius 1 is 1.21 bits per heavy atom. The second-order valence-corrected chi connectivity index (χ2v) is 5.65. The fraction of sp³-hybridized carbons (Fsp3) is 0.167. The standard InChI is InChI=1S/C18H16N4O2/c1-21-15-7-4-8-19-16(15)14-10-20-22(18(23)17(14)21)11-12-5-3-6-13(9-12)24-2/h3-10H,11H2,1-2H3. The van der Waals surface area contributed by atoms with Gasteiger partial charge < -0.3 is 9.30 Å². The van der Waals surface area contributed by atoms with Gasteiger partial charge in [0.15, 0.2) is 0 Å². The van der Waals surface area contributed by atoms with Crippen molar-refractivity contribution in [2.75, 3.05) is 7.11 Å². The molecule has 0 aliphatic carbocycles. The number of hydrogen-bond acceptors (Lipinski definition) is 4. The quantitative estimate of drug-likeness (QED) is 0.581. The number of pyridine rings is 1. The predicted octanol–water partition coefficient (Wildman–Crippen LogP) is 2.34. The summed E-state index contributed by atoms with van der Waals surface area (Å²) in [6.07, 6.45) is 3.44. The Labute approximate surface area is 137 Å². The summed E-state index contributed by atoms with van der Waals surface area (Å²) >= 11 is 0. The zero-order valence-electron chi connectivity index (χ0n) is 13.4. The van der Waals surface area contributed by atoms with Crippen LogP contribution in [0.25, 0.3) is 21.9 Å². The molecule has 4 rings (SSSR count). The number of fused-ring (bicyclic) bond motifs is 3. The highest BCUT2D eigenvalue weighted by atomic mass is 16.5. The zero-order valence-corrected chi connectivity index (χ0v) is 13.4. The van der Waals surface area contributed by atoms with Crippen molar-refractivity contribution in [3.05, 3.63) is 64.7 Å². The van der Waals surface area contributed by atoms with Gasteiger partial charge in [-0.3, -0.25) is 9.78 Å². The lowest BCUT2D eigenvalue weighted by atomic mass is 10.2. The Kier molecular flexibility index (Phi) is 3.30. The van der Waals surface area contributed by atoms with E-state index in [4.69, 9.17) is 4.74 Å². The van der Waals surface area contributed by atoms with Gasteiger partial charge in [0.25, 0.3) is 5.56 Å². The van der Waals surface area contributed by atoms with E-state index >= 15 is 0 Å². The smallest absolute Gasteiger partial charge is 0.291 e. The average Bonchev–Trinajstić information content (AvgIpc) is 2.91. The van der Waals surface area contributed by atoms with Gasteiger partial charge in [0.05, 0.1) is 36.3 Å². The Hall–Kier alpha value is -3.15. The van der Waals surface area contributed by atoms with Crippen LogP contribution >= 0.6 is 0 Å². The molecule has 0 bridgehead atoms. The van der Waals surface area contributed by atoms with Crippen molar-refractivity contribution in [3.8, 4) is 5.75 Å². The topological polar surface area (TPSA) is 61.9 Å². The normalized spacial score (nSPS) is 11.2. The fourth-order valence-corrected chi connectivity index (χ4v) is 3.03. The van der Waals surface area contributed by atoms with Crippen LogP contribution < -0.4 is 10.3 Å². The molecular weight excluding hydrogens is 304 g/mol. The van der Waals surface area contributed by atoms with Gasteiger partial charge in [-0.1, -0.05) is 12.1 Å². The summed E-state index contributed by atoms with van der Waals surface area (Å²) in [6.45, 7) is 0.390.